The number of thioether (sulfide) groups is 1. The fourth-order valence-electron chi connectivity index (χ4n) is 2.25. The second-order valence-corrected chi connectivity index (χ2v) is 6.93. The molecule has 0 unspecified atom stereocenters. The van der Waals surface area contributed by atoms with E-state index in [-0.39, 0.29) is 6.61 Å². The molecule has 0 atom stereocenters. The topological polar surface area (TPSA) is 50.9 Å². The minimum atomic E-state index is 0.122. The number of aliphatic hydroxyl groups is 1. The van der Waals surface area contributed by atoms with Crippen LogP contribution in [0.1, 0.15) is 5.56 Å². The molecule has 0 saturated carbocycles. The van der Waals surface area contributed by atoms with E-state index in [9.17, 15) is 0 Å². The molecule has 118 valence electrons. The van der Waals surface area contributed by atoms with Crippen molar-refractivity contribution in [2.24, 2.45) is 0 Å². The normalized spacial score (nSPS) is 10.9. The van der Waals surface area contributed by atoms with Crippen LogP contribution >= 0.6 is 27.7 Å². The van der Waals surface area contributed by atoms with Crippen LogP contribution < -0.4 is 0 Å². The van der Waals surface area contributed by atoms with Gasteiger partial charge in [0.25, 0.3) is 0 Å². The van der Waals surface area contributed by atoms with Crippen molar-refractivity contribution in [3.05, 3.63) is 64.6 Å². The molecule has 1 aromatic heterocycles. The Morgan fingerprint density at radius 3 is 2.43 bits per heavy atom. The van der Waals surface area contributed by atoms with Gasteiger partial charge >= 0.3 is 0 Å². The number of halogens is 1. The number of hydrogen-bond donors (Lipinski definition) is 1. The number of aromatic nitrogens is 3. The van der Waals surface area contributed by atoms with Crippen molar-refractivity contribution in [2.75, 3.05) is 12.4 Å². The van der Waals surface area contributed by atoms with Crippen molar-refractivity contribution in [1.82, 2.24) is 14.8 Å². The molecule has 0 fully saturated rings. The number of hydrogen-bond acceptors (Lipinski definition) is 4. The highest BCUT2D eigenvalue weighted by atomic mass is 79.9. The molecule has 0 bridgehead atoms. The van der Waals surface area contributed by atoms with Crippen LogP contribution in [0.25, 0.3) is 11.4 Å². The van der Waals surface area contributed by atoms with Gasteiger partial charge in [-0.05, 0) is 17.7 Å². The summed E-state index contributed by atoms with van der Waals surface area (Å²) in [6.07, 6.45) is 0. The van der Waals surface area contributed by atoms with Crippen LogP contribution in [0.4, 0.5) is 0 Å². The van der Waals surface area contributed by atoms with Gasteiger partial charge in [0.1, 0.15) is 0 Å². The molecule has 1 N–H and O–H groups in total. The van der Waals surface area contributed by atoms with E-state index < -0.39 is 0 Å². The molecule has 0 saturated heterocycles. The Kier molecular flexibility index (Phi) is 5.48. The van der Waals surface area contributed by atoms with Crippen LogP contribution in [0.15, 0.2) is 64.2 Å². The fraction of sp³-hybridized carbons (Fsp3) is 0.176. The third-order valence-corrected chi connectivity index (χ3v) is 4.80. The second kappa shape index (κ2) is 7.77. The molecule has 23 heavy (non-hydrogen) atoms. The van der Waals surface area contributed by atoms with Crippen molar-refractivity contribution in [3.63, 3.8) is 0 Å². The monoisotopic (exact) mass is 389 g/mol. The molecule has 3 rings (SSSR count). The summed E-state index contributed by atoms with van der Waals surface area (Å²) in [5.41, 5.74) is 2.21. The molecule has 0 radical (unpaired) electrons. The predicted octanol–water partition coefficient (Wildman–Crippen LogP) is 3.84. The molecule has 4 nitrogen and oxygen atoms in total. The minimum Gasteiger partial charge on any atom is -0.396 e. The SMILES string of the molecule is OCCSc1nnc(-c2ccc(Br)cc2)n1Cc1ccccc1. The Morgan fingerprint density at radius 1 is 1.00 bits per heavy atom. The molecule has 1 heterocycles. The van der Waals surface area contributed by atoms with E-state index in [0.29, 0.717) is 12.3 Å². The van der Waals surface area contributed by atoms with Crippen LogP contribution in [-0.2, 0) is 6.54 Å². The van der Waals surface area contributed by atoms with E-state index in [0.717, 1.165) is 21.0 Å². The average Bonchev–Trinajstić information content (AvgIpc) is 2.97. The van der Waals surface area contributed by atoms with Gasteiger partial charge in [0.05, 0.1) is 13.2 Å². The first-order valence-electron chi connectivity index (χ1n) is 7.24. The summed E-state index contributed by atoms with van der Waals surface area (Å²) in [5.74, 6) is 1.44. The fourth-order valence-corrected chi connectivity index (χ4v) is 3.20. The van der Waals surface area contributed by atoms with Gasteiger partial charge in [-0.15, -0.1) is 10.2 Å². The standard InChI is InChI=1S/C17H16BrN3OS/c18-15-8-6-14(7-9-15)16-19-20-17(23-11-10-22)21(16)12-13-4-2-1-3-5-13/h1-9,22H,10-12H2. The zero-order chi connectivity index (χ0) is 16.1. The first-order valence-corrected chi connectivity index (χ1v) is 9.02. The molecular formula is C17H16BrN3OS. The highest BCUT2D eigenvalue weighted by molar-refractivity contribution is 9.10. The van der Waals surface area contributed by atoms with Crippen LogP contribution in [0.5, 0.6) is 0 Å². The zero-order valence-corrected chi connectivity index (χ0v) is 14.8. The van der Waals surface area contributed by atoms with Crippen molar-refractivity contribution in [3.8, 4) is 11.4 Å². The third kappa shape index (κ3) is 4.02. The van der Waals surface area contributed by atoms with Gasteiger partial charge in [-0.3, -0.25) is 4.57 Å². The lowest BCUT2D eigenvalue weighted by atomic mass is 10.2. The predicted molar refractivity (Wildman–Crippen MR) is 96.5 cm³/mol. The van der Waals surface area contributed by atoms with Crippen molar-refractivity contribution in [2.45, 2.75) is 11.7 Å². The summed E-state index contributed by atoms with van der Waals surface area (Å²) in [5, 5.41) is 18.6. The Bertz CT molecular complexity index is 759. The molecule has 0 aliphatic carbocycles. The Balaban J connectivity index is 1.98. The van der Waals surface area contributed by atoms with Crippen LogP contribution in [0.3, 0.4) is 0 Å². The van der Waals surface area contributed by atoms with Gasteiger partial charge in [0.15, 0.2) is 11.0 Å². The summed E-state index contributed by atoms with van der Waals surface area (Å²) >= 11 is 4.97. The largest absolute Gasteiger partial charge is 0.396 e. The molecule has 0 aliphatic rings. The summed E-state index contributed by atoms with van der Waals surface area (Å²) in [6.45, 7) is 0.823. The number of benzene rings is 2. The first-order chi connectivity index (χ1) is 11.3. The maximum Gasteiger partial charge on any atom is 0.191 e. The third-order valence-electron chi connectivity index (χ3n) is 3.33. The molecule has 2 aromatic carbocycles. The van der Waals surface area contributed by atoms with Gasteiger partial charge in [-0.1, -0.05) is 70.2 Å². The molecule has 0 aliphatic heterocycles. The molecule has 0 amide bonds. The molecule has 3 aromatic rings. The second-order valence-electron chi connectivity index (χ2n) is 4.96. The zero-order valence-electron chi connectivity index (χ0n) is 12.4. The summed E-state index contributed by atoms with van der Waals surface area (Å²) < 4.78 is 3.13. The van der Waals surface area contributed by atoms with E-state index in [2.05, 4.69) is 42.8 Å². The van der Waals surface area contributed by atoms with Gasteiger partial charge < -0.3 is 5.11 Å². The Morgan fingerprint density at radius 2 is 1.74 bits per heavy atom. The van der Waals surface area contributed by atoms with Crippen molar-refractivity contribution in [1.29, 1.82) is 0 Å². The highest BCUT2D eigenvalue weighted by Crippen LogP contribution is 2.26. The number of aliphatic hydroxyl groups excluding tert-OH is 1. The van der Waals surface area contributed by atoms with Gasteiger partial charge in [-0.2, -0.15) is 0 Å². The van der Waals surface area contributed by atoms with Crippen LogP contribution in [-0.4, -0.2) is 32.2 Å². The Hall–Kier alpha value is -1.63. The Labute approximate surface area is 147 Å². The van der Waals surface area contributed by atoms with Crippen molar-refractivity contribution < 1.29 is 5.11 Å². The van der Waals surface area contributed by atoms with Crippen molar-refractivity contribution >= 4 is 27.7 Å². The quantitative estimate of drug-likeness (QED) is 0.650. The lowest BCUT2D eigenvalue weighted by Gasteiger charge is -2.10. The number of rotatable bonds is 6. The smallest absolute Gasteiger partial charge is 0.191 e. The van der Waals surface area contributed by atoms with E-state index in [1.54, 1.807) is 0 Å². The van der Waals surface area contributed by atoms with Gasteiger partial charge in [0, 0.05) is 15.8 Å². The van der Waals surface area contributed by atoms with E-state index in [1.807, 2.05) is 42.5 Å². The first kappa shape index (κ1) is 16.2. The maximum atomic E-state index is 9.08. The lowest BCUT2D eigenvalue weighted by molar-refractivity contribution is 0.322. The van der Waals surface area contributed by atoms with Gasteiger partial charge in [0.2, 0.25) is 0 Å². The van der Waals surface area contributed by atoms with Gasteiger partial charge in [-0.25, -0.2) is 0 Å². The van der Waals surface area contributed by atoms with Crippen LogP contribution in [0.2, 0.25) is 0 Å². The van der Waals surface area contributed by atoms with E-state index >= 15 is 0 Å². The summed E-state index contributed by atoms with van der Waals surface area (Å²) in [7, 11) is 0. The highest BCUT2D eigenvalue weighted by Gasteiger charge is 2.14. The average molecular weight is 390 g/mol. The van der Waals surface area contributed by atoms with E-state index in [4.69, 9.17) is 5.11 Å². The van der Waals surface area contributed by atoms with Crippen LogP contribution in [0, 0.1) is 0 Å². The minimum absolute atomic E-state index is 0.122. The maximum absolute atomic E-state index is 9.08. The molecule has 6 heteroatoms. The molecule has 0 spiro atoms. The summed E-state index contributed by atoms with van der Waals surface area (Å²) in [6, 6.07) is 18.3. The number of nitrogens with zero attached hydrogens (tertiary/aromatic N) is 3. The van der Waals surface area contributed by atoms with E-state index in [1.165, 1.54) is 17.3 Å². The lowest BCUT2D eigenvalue weighted by Crippen LogP contribution is -2.04. The summed E-state index contributed by atoms with van der Waals surface area (Å²) in [4.78, 5) is 0. The molecular weight excluding hydrogens is 374 g/mol.